The zero-order valence-corrected chi connectivity index (χ0v) is 12.5. The van der Waals surface area contributed by atoms with Crippen molar-refractivity contribution in [3.05, 3.63) is 56.0 Å². The molecule has 0 saturated heterocycles. The smallest absolute Gasteiger partial charge is 0.161 e. The second kappa shape index (κ2) is 6.74. The van der Waals surface area contributed by atoms with Crippen LogP contribution in [0.25, 0.3) is 22.6 Å². The summed E-state index contributed by atoms with van der Waals surface area (Å²) in [5, 5.41) is 0. The number of imidazole rings is 1. The Morgan fingerprint density at radius 1 is 1.13 bits per heavy atom. The first-order valence-electron chi connectivity index (χ1n) is 7.09. The van der Waals surface area contributed by atoms with Crippen LogP contribution in [0.1, 0.15) is 0 Å². The Balaban J connectivity index is 2.04. The van der Waals surface area contributed by atoms with E-state index in [0.717, 1.165) is 5.56 Å². The normalized spacial score (nSPS) is 10.4. The molecule has 0 aliphatic carbocycles. The molecule has 0 radical (unpaired) electrons. The summed E-state index contributed by atoms with van der Waals surface area (Å²) in [6, 6.07) is 5.55. The number of hydrogen-bond acceptors (Lipinski definition) is 5. The van der Waals surface area contributed by atoms with Crippen LogP contribution in [-0.2, 0) is 0 Å². The molecule has 0 spiro atoms. The molecule has 1 aromatic carbocycles. The number of aromatic nitrogens is 4. The van der Waals surface area contributed by atoms with Crippen LogP contribution in [0, 0.1) is 0 Å². The highest BCUT2D eigenvalue weighted by molar-refractivity contribution is 5.77. The molecule has 6 heteroatoms. The second-order valence-electron chi connectivity index (χ2n) is 4.70. The molecule has 0 unspecified atom stereocenters. The summed E-state index contributed by atoms with van der Waals surface area (Å²) in [6.45, 7) is 8.15. The standard InChI is InChI=1S/C17H16N4O2/c1-3-7-22-12-5-6-15(23-8-4-2)13(9-12)16-20-14-10-18-11-19-17(14)21-16/h3-6,9-11H,1-2,7-8H2,(H,18,19,20,21). The second-order valence-corrected chi connectivity index (χ2v) is 4.70. The monoisotopic (exact) mass is 308 g/mol. The molecule has 0 atom stereocenters. The number of rotatable bonds is 7. The summed E-state index contributed by atoms with van der Waals surface area (Å²) in [5.41, 5.74) is 2.14. The Morgan fingerprint density at radius 3 is 2.74 bits per heavy atom. The highest BCUT2D eigenvalue weighted by Crippen LogP contribution is 2.32. The highest BCUT2D eigenvalue weighted by atomic mass is 16.5. The fourth-order valence-electron chi connectivity index (χ4n) is 2.10. The molecule has 0 saturated carbocycles. The molecule has 3 rings (SSSR count). The fourth-order valence-corrected chi connectivity index (χ4v) is 2.10. The van der Waals surface area contributed by atoms with Gasteiger partial charge in [0.05, 0.1) is 11.8 Å². The van der Waals surface area contributed by atoms with Gasteiger partial charge in [0.2, 0.25) is 0 Å². The zero-order valence-electron chi connectivity index (χ0n) is 12.5. The van der Waals surface area contributed by atoms with E-state index in [1.54, 1.807) is 18.3 Å². The minimum atomic E-state index is 0.403. The van der Waals surface area contributed by atoms with Crippen LogP contribution in [0.2, 0.25) is 0 Å². The summed E-state index contributed by atoms with van der Waals surface area (Å²) in [7, 11) is 0. The maximum atomic E-state index is 5.71. The first-order valence-corrected chi connectivity index (χ1v) is 7.09. The van der Waals surface area contributed by atoms with Crippen molar-refractivity contribution in [3.63, 3.8) is 0 Å². The third-order valence-corrected chi connectivity index (χ3v) is 3.09. The van der Waals surface area contributed by atoms with E-state index in [1.807, 2.05) is 18.2 Å². The average Bonchev–Trinajstić information content (AvgIpc) is 3.02. The number of H-pyrrole nitrogens is 1. The fraction of sp³-hybridized carbons (Fsp3) is 0.118. The van der Waals surface area contributed by atoms with E-state index in [-0.39, 0.29) is 0 Å². The molecular formula is C17H16N4O2. The van der Waals surface area contributed by atoms with Crippen LogP contribution in [0.15, 0.2) is 56.0 Å². The third kappa shape index (κ3) is 3.21. The van der Waals surface area contributed by atoms with Crippen LogP contribution in [0.3, 0.4) is 0 Å². The first kappa shape index (κ1) is 14.8. The van der Waals surface area contributed by atoms with Crippen LogP contribution in [0.4, 0.5) is 0 Å². The molecule has 0 aliphatic heterocycles. The summed E-state index contributed by atoms with van der Waals surface area (Å²) in [4.78, 5) is 15.8. The van der Waals surface area contributed by atoms with Crippen molar-refractivity contribution >= 4 is 11.2 Å². The van der Waals surface area contributed by atoms with Gasteiger partial charge in [0, 0.05) is 0 Å². The van der Waals surface area contributed by atoms with Crippen molar-refractivity contribution in [2.75, 3.05) is 13.2 Å². The minimum Gasteiger partial charge on any atom is -0.490 e. The number of fused-ring (bicyclic) bond motifs is 1. The SMILES string of the molecule is C=CCOc1ccc(OCC=C)c(-c2nc3cncnc3[nH]2)c1. The van der Waals surface area contributed by atoms with Gasteiger partial charge < -0.3 is 14.5 Å². The molecule has 3 aromatic rings. The van der Waals surface area contributed by atoms with Crippen LogP contribution < -0.4 is 9.47 Å². The van der Waals surface area contributed by atoms with E-state index in [2.05, 4.69) is 33.1 Å². The lowest BCUT2D eigenvalue weighted by atomic mass is 10.2. The Kier molecular flexibility index (Phi) is 4.33. The average molecular weight is 308 g/mol. The van der Waals surface area contributed by atoms with Crippen LogP contribution in [-0.4, -0.2) is 33.1 Å². The molecule has 0 aliphatic rings. The summed E-state index contributed by atoms with van der Waals surface area (Å²) in [5.74, 6) is 2.03. The van der Waals surface area contributed by atoms with Gasteiger partial charge in [-0.2, -0.15) is 0 Å². The predicted octanol–water partition coefficient (Wildman–Crippen LogP) is 3.15. The van der Waals surface area contributed by atoms with Gasteiger partial charge in [-0.1, -0.05) is 25.3 Å². The largest absolute Gasteiger partial charge is 0.490 e. The Hall–Kier alpha value is -3.15. The topological polar surface area (TPSA) is 72.9 Å². The van der Waals surface area contributed by atoms with Crippen LogP contribution >= 0.6 is 0 Å². The molecule has 2 aromatic heterocycles. The van der Waals surface area contributed by atoms with E-state index in [4.69, 9.17) is 9.47 Å². The van der Waals surface area contributed by atoms with Gasteiger partial charge in [0.15, 0.2) is 5.65 Å². The number of nitrogens with one attached hydrogen (secondary N) is 1. The maximum Gasteiger partial charge on any atom is 0.161 e. The van der Waals surface area contributed by atoms with Crippen molar-refractivity contribution in [2.45, 2.75) is 0 Å². The zero-order chi connectivity index (χ0) is 16.1. The van der Waals surface area contributed by atoms with Gasteiger partial charge in [-0.05, 0) is 18.2 Å². The number of ether oxygens (including phenoxy) is 2. The first-order chi connectivity index (χ1) is 11.3. The highest BCUT2D eigenvalue weighted by Gasteiger charge is 2.13. The van der Waals surface area contributed by atoms with Crippen LogP contribution in [0.5, 0.6) is 11.5 Å². The lowest BCUT2D eigenvalue weighted by Gasteiger charge is -2.11. The molecule has 116 valence electrons. The van der Waals surface area contributed by atoms with Crippen molar-refractivity contribution in [2.24, 2.45) is 0 Å². The number of nitrogens with zero attached hydrogens (tertiary/aromatic N) is 3. The lowest BCUT2D eigenvalue weighted by Crippen LogP contribution is -1.98. The van der Waals surface area contributed by atoms with Gasteiger partial charge in [0.25, 0.3) is 0 Å². The van der Waals surface area contributed by atoms with Gasteiger partial charge in [-0.25, -0.2) is 15.0 Å². The van der Waals surface area contributed by atoms with E-state index >= 15 is 0 Å². The Morgan fingerprint density at radius 2 is 1.96 bits per heavy atom. The van der Waals surface area contributed by atoms with Crippen molar-refractivity contribution in [1.82, 2.24) is 19.9 Å². The lowest BCUT2D eigenvalue weighted by molar-refractivity contribution is 0.354. The predicted molar refractivity (Wildman–Crippen MR) is 88.5 cm³/mol. The number of benzene rings is 1. The quantitative estimate of drug-likeness (QED) is 0.679. The van der Waals surface area contributed by atoms with Crippen molar-refractivity contribution in [1.29, 1.82) is 0 Å². The molecule has 0 fully saturated rings. The Bertz CT molecular complexity index is 808. The molecule has 23 heavy (non-hydrogen) atoms. The molecular weight excluding hydrogens is 292 g/mol. The number of hydrogen-bond donors (Lipinski definition) is 1. The molecule has 0 amide bonds. The molecule has 1 N–H and O–H groups in total. The Labute approximate surface area is 133 Å². The number of aromatic amines is 1. The minimum absolute atomic E-state index is 0.403. The molecule has 0 bridgehead atoms. The van der Waals surface area contributed by atoms with Gasteiger partial charge in [-0.15, -0.1) is 0 Å². The van der Waals surface area contributed by atoms with Crippen molar-refractivity contribution in [3.8, 4) is 22.9 Å². The third-order valence-electron chi connectivity index (χ3n) is 3.09. The van der Waals surface area contributed by atoms with Gasteiger partial charge in [-0.3, -0.25) is 0 Å². The van der Waals surface area contributed by atoms with E-state index < -0.39 is 0 Å². The van der Waals surface area contributed by atoms with E-state index in [0.29, 0.717) is 41.7 Å². The maximum absolute atomic E-state index is 5.71. The summed E-state index contributed by atoms with van der Waals surface area (Å²) >= 11 is 0. The van der Waals surface area contributed by atoms with E-state index in [9.17, 15) is 0 Å². The van der Waals surface area contributed by atoms with Gasteiger partial charge in [0.1, 0.15) is 42.4 Å². The van der Waals surface area contributed by atoms with Gasteiger partial charge >= 0.3 is 0 Å². The molecule has 6 nitrogen and oxygen atoms in total. The van der Waals surface area contributed by atoms with E-state index in [1.165, 1.54) is 6.33 Å². The molecule has 2 heterocycles. The van der Waals surface area contributed by atoms with Crippen molar-refractivity contribution < 1.29 is 9.47 Å². The summed E-state index contributed by atoms with van der Waals surface area (Å²) in [6.07, 6.45) is 6.52. The summed E-state index contributed by atoms with van der Waals surface area (Å²) < 4.78 is 11.3.